The summed E-state index contributed by atoms with van der Waals surface area (Å²) in [7, 11) is 0. The second-order valence-electron chi connectivity index (χ2n) is 6.81. The van der Waals surface area contributed by atoms with Gasteiger partial charge in [-0.15, -0.1) is 0 Å². The van der Waals surface area contributed by atoms with Gasteiger partial charge in [-0.2, -0.15) is 5.10 Å². The summed E-state index contributed by atoms with van der Waals surface area (Å²) in [5, 5.41) is 9.41. The van der Waals surface area contributed by atoms with Gasteiger partial charge in [-0.05, 0) is 38.7 Å². The van der Waals surface area contributed by atoms with Crippen LogP contribution in [-0.2, 0) is 4.79 Å². The number of amidine groups is 2. The minimum Gasteiger partial charge on any atom is -0.309 e. The Morgan fingerprint density at radius 3 is 2.75 bits per heavy atom. The number of hydrogen-bond donors (Lipinski definition) is 1. The maximum atomic E-state index is 11.9. The molecule has 20 heavy (non-hydrogen) atoms. The lowest BCUT2D eigenvalue weighted by atomic mass is 10.0. The Balaban J connectivity index is 1.86. The van der Waals surface area contributed by atoms with E-state index in [1.54, 1.807) is 0 Å². The fourth-order valence-electron chi connectivity index (χ4n) is 2.55. The van der Waals surface area contributed by atoms with Crippen LogP contribution in [0.1, 0.15) is 40.5 Å². The van der Waals surface area contributed by atoms with E-state index in [0.717, 1.165) is 30.8 Å². The molecule has 1 aliphatic carbocycles. The van der Waals surface area contributed by atoms with Crippen molar-refractivity contribution in [1.82, 2.24) is 10.3 Å². The molecule has 1 fully saturated rings. The number of amides is 1. The maximum Gasteiger partial charge on any atom is 0.228 e. The van der Waals surface area contributed by atoms with E-state index >= 15 is 0 Å². The van der Waals surface area contributed by atoms with Crippen molar-refractivity contribution in [3.05, 3.63) is 11.6 Å². The lowest BCUT2D eigenvalue weighted by Crippen LogP contribution is -2.39. The van der Waals surface area contributed by atoms with E-state index in [2.05, 4.69) is 38.1 Å². The molecule has 1 saturated carbocycles. The molecule has 2 heterocycles. The van der Waals surface area contributed by atoms with Crippen molar-refractivity contribution in [1.29, 1.82) is 0 Å². The molecule has 0 spiro atoms. The summed E-state index contributed by atoms with van der Waals surface area (Å²) in [5.74, 6) is 2.26. The van der Waals surface area contributed by atoms with Crippen molar-refractivity contribution in [3.63, 3.8) is 0 Å². The van der Waals surface area contributed by atoms with Crippen LogP contribution in [0.15, 0.2) is 21.7 Å². The van der Waals surface area contributed by atoms with Crippen LogP contribution in [0.5, 0.6) is 0 Å². The second kappa shape index (κ2) is 4.43. The molecule has 2 aliphatic heterocycles. The Morgan fingerprint density at radius 1 is 1.45 bits per heavy atom. The number of hydrogen-bond acceptors (Lipinski definition) is 4. The zero-order valence-electron chi connectivity index (χ0n) is 12.6. The molecule has 108 valence electrons. The Bertz CT molecular complexity index is 538. The van der Waals surface area contributed by atoms with Gasteiger partial charge in [0.1, 0.15) is 5.84 Å². The van der Waals surface area contributed by atoms with E-state index < -0.39 is 0 Å². The molecule has 0 aromatic heterocycles. The zero-order valence-corrected chi connectivity index (χ0v) is 12.6. The summed E-state index contributed by atoms with van der Waals surface area (Å²) < 4.78 is 0. The zero-order chi connectivity index (χ0) is 14.5. The van der Waals surface area contributed by atoms with Gasteiger partial charge in [0.2, 0.25) is 5.91 Å². The quantitative estimate of drug-likeness (QED) is 0.836. The highest BCUT2D eigenvalue weighted by atomic mass is 16.2. The SMILES string of the molecule is CC(C)C1=CC(NC(=O)C2CC2)=NN2CC(C)(C)N=C12. The lowest BCUT2D eigenvalue weighted by Gasteiger charge is -2.25. The van der Waals surface area contributed by atoms with E-state index in [4.69, 9.17) is 4.99 Å². The van der Waals surface area contributed by atoms with Crippen LogP contribution in [0.3, 0.4) is 0 Å². The van der Waals surface area contributed by atoms with Crippen LogP contribution < -0.4 is 5.32 Å². The maximum absolute atomic E-state index is 11.9. The third kappa shape index (κ3) is 2.49. The number of rotatable bonds is 2. The molecule has 3 aliphatic rings. The third-order valence-electron chi connectivity index (χ3n) is 3.79. The molecule has 0 radical (unpaired) electrons. The first kappa shape index (κ1) is 13.3. The van der Waals surface area contributed by atoms with E-state index in [1.165, 1.54) is 0 Å². The highest BCUT2D eigenvalue weighted by molar-refractivity contribution is 6.13. The number of fused-ring (bicyclic) bond motifs is 1. The molecule has 0 aromatic carbocycles. The fourth-order valence-corrected chi connectivity index (χ4v) is 2.55. The predicted molar refractivity (Wildman–Crippen MR) is 79.4 cm³/mol. The first-order chi connectivity index (χ1) is 9.35. The average Bonchev–Trinajstić information content (AvgIpc) is 3.11. The van der Waals surface area contributed by atoms with Gasteiger partial charge >= 0.3 is 0 Å². The molecule has 0 aromatic rings. The van der Waals surface area contributed by atoms with E-state index in [-0.39, 0.29) is 17.4 Å². The molecular formula is C15H22N4O. The Hall–Kier alpha value is -1.65. The van der Waals surface area contributed by atoms with Crippen molar-refractivity contribution in [2.75, 3.05) is 6.54 Å². The van der Waals surface area contributed by atoms with Gasteiger partial charge in [0.05, 0.1) is 12.1 Å². The number of nitrogens with one attached hydrogen (secondary N) is 1. The molecule has 0 unspecified atom stereocenters. The molecular weight excluding hydrogens is 252 g/mol. The van der Waals surface area contributed by atoms with Gasteiger partial charge in [0, 0.05) is 11.5 Å². The van der Waals surface area contributed by atoms with Gasteiger partial charge in [-0.1, -0.05) is 13.8 Å². The standard InChI is InChI=1S/C15H22N4O/c1-9(2)11-7-12(16-14(20)10-5-6-10)18-19-8-15(3,4)17-13(11)19/h7,9-10H,5-6,8H2,1-4H3,(H,16,18,20). The number of hydrazone groups is 1. The van der Waals surface area contributed by atoms with Gasteiger partial charge in [-0.25, -0.2) is 5.01 Å². The van der Waals surface area contributed by atoms with Crippen LogP contribution in [0.4, 0.5) is 0 Å². The van der Waals surface area contributed by atoms with Crippen LogP contribution in [0.25, 0.3) is 0 Å². The summed E-state index contributed by atoms with van der Waals surface area (Å²) in [6.45, 7) is 9.25. The van der Waals surface area contributed by atoms with E-state index in [0.29, 0.717) is 11.8 Å². The van der Waals surface area contributed by atoms with Crippen molar-refractivity contribution < 1.29 is 4.79 Å². The van der Waals surface area contributed by atoms with E-state index in [1.807, 2.05) is 11.1 Å². The van der Waals surface area contributed by atoms with Crippen molar-refractivity contribution in [2.45, 2.75) is 46.1 Å². The Kier molecular flexibility index (Phi) is 2.96. The summed E-state index contributed by atoms with van der Waals surface area (Å²) in [6.07, 6.45) is 3.98. The summed E-state index contributed by atoms with van der Waals surface area (Å²) >= 11 is 0. The van der Waals surface area contributed by atoms with Gasteiger partial charge in [0.15, 0.2) is 5.84 Å². The second-order valence-corrected chi connectivity index (χ2v) is 6.81. The smallest absolute Gasteiger partial charge is 0.228 e. The van der Waals surface area contributed by atoms with Gasteiger partial charge < -0.3 is 5.32 Å². The van der Waals surface area contributed by atoms with Crippen LogP contribution in [-0.4, -0.2) is 34.7 Å². The van der Waals surface area contributed by atoms with Crippen molar-refractivity contribution in [3.8, 4) is 0 Å². The minimum atomic E-state index is -0.122. The molecule has 1 amide bonds. The van der Waals surface area contributed by atoms with Crippen molar-refractivity contribution >= 4 is 17.6 Å². The lowest BCUT2D eigenvalue weighted by molar-refractivity contribution is -0.120. The summed E-state index contributed by atoms with van der Waals surface area (Å²) in [5.41, 5.74) is 1.03. The summed E-state index contributed by atoms with van der Waals surface area (Å²) in [6, 6.07) is 0. The number of carbonyl (C=O) groups is 1. The Morgan fingerprint density at radius 2 is 2.15 bits per heavy atom. The van der Waals surface area contributed by atoms with E-state index in [9.17, 15) is 4.79 Å². The highest BCUT2D eigenvalue weighted by Crippen LogP contribution is 2.30. The third-order valence-corrected chi connectivity index (χ3v) is 3.79. The molecule has 1 N–H and O–H groups in total. The number of carbonyl (C=O) groups excluding carboxylic acids is 1. The van der Waals surface area contributed by atoms with Crippen LogP contribution in [0.2, 0.25) is 0 Å². The monoisotopic (exact) mass is 274 g/mol. The topological polar surface area (TPSA) is 57.1 Å². The molecule has 0 atom stereocenters. The summed E-state index contributed by atoms with van der Waals surface area (Å²) in [4.78, 5) is 16.7. The first-order valence-corrected chi connectivity index (χ1v) is 7.34. The largest absolute Gasteiger partial charge is 0.309 e. The molecule has 3 rings (SSSR count). The normalized spacial score (nSPS) is 24.1. The fraction of sp³-hybridized carbons (Fsp3) is 0.667. The first-order valence-electron chi connectivity index (χ1n) is 7.34. The van der Waals surface area contributed by atoms with Gasteiger partial charge in [0.25, 0.3) is 0 Å². The minimum absolute atomic E-state index is 0.0990. The number of nitrogens with zero attached hydrogens (tertiary/aromatic N) is 3. The molecule has 0 bridgehead atoms. The molecule has 0 saturated heterocycles. The highest BCUT2D eigenvalue weighted by Gasteiger charge is 2.37. The predicted octanol–water partition coefficient (Wildman–Crippen LogP) is 1.91. The molecule has 5 heteroatoms. The molecule has 5 nitrogen and oxygen atoms in total. The Labute approximate surface area is 119 Å². The van der Waals surface area contributed by atoms with Crippen LogP contribution in [0, 0.1) is 11.8 Å². The van der Waals surface area contributed by atoms with Gasteiger partial charge in [-0.3, -0.25) is 9.79 Å². The van der Waals surface area contributed by atoms with Crippen LogP contribution >= 0.6 is 0 Å². The average molecular weight is 274 g/mol. The van der Waals surface area contributed by atoms with Crippen molar-refractivity contribution in [2.24, 2.45) is 21.9 Å². The number of aliphatic imine (C=N–C) groups is 1.